The maximum absolute atomic E-state index is 12.9. The second-order valence-electron chi connectivity index (χ2n) is 9.02. The Kier molecular flexibility index (Phi) is 11.9. The molecule has 0 aliphatic heterocycles. The Labute approximate surface area is 229 Å². The number of hydrogen-bond acceptors (Lipinski definition) is 9. The molecule has 4 atom stereocenters. The van der Waals surface area contributed by atoms with Crippen molar-refractivity contribution >= 4 is 29.6 Å². The lowest BCUT2D eigenvalue weighted by Gasteiger charge is -2.22. The summed E-state index contributed by atoms with van der Waals surface area (Å²) in [6.45, 7) is 0.0388. The summed E-state index contributed by atoms with van der Waals surface area (Å²) < 4.78 is 0. The van der Waals surface area contributed by atoms with Gasteiger partial charge < -0.3 is 47.4 Å². The van der Waals surface area contributed by atoms with E-state index in [4.69, 9.17) is 10.8 Å². The van der Waals surface area contributed by atoms with Gasteiger partial charge in [0.1, 0.15) is 36.2 Å². The molecule has 2 aromatic carbocycles. The number of nitrogens with two attached hydrogens (primary N) is 1. The van der Waals surface area contributed by atoms with Crippen molar-refractivity contribution in [3.05, 3.63) is 59.7 Å². The van der Waals surface area contributed by atoms with Crippen molar-refractivity contribution in [1.82, 2.24) is 21.3 Å². The van der Waals surface area contributed by atoms with Crippen molar-refractivity contribution in [3.63, 3.8) is 0 Å². The second kappa shape index (κ2) is 15.0. The molecule has 10 N–H and O–H groups in total. The average molecular weight is 560 g/mol. The third kappa shape index (κ3) is 10.6. The fourth-order valence-corrected chi connectivity index (χ4v) is 3.46. The first kappa shape index (κ1) is 31.5. The Hall–Kier alpha value is -4.69. The summed E-state index contributed by atoms with van der Waals surface area (Å²) in [6.07, 6.45) is -1.27. The van der Waals surface area contributed by atoms with Crippen LogP contribution in [0.5, 0.6) is 11.5 Å². The van der Waals surface area contributed by atoms with E-state index in [1.807, 2.05) is 0 Å². The van der Waals surface area contributed by atoms with Crippen LogP contribution in [0, 0.1) is 0 Å². The minimum absolute atomic E-state index is 0.00386. The van der Waals surface area contributed by atoms with Crippen LogP contribution >= 0.6 is 0 Å². The molecule has 0 aliphatic carbocycles. The minimum Gasteiger partial charge on any atom is -0.508 e. The van der Waals surface area contributed by atoms with Gasteiger partial charge in [-0.25, -0.2) is 0 Å². The summed E-state index contributed by atoms with van der Waals surface area (Å²) in [7, 11) is 0. The average Bonchev–Trinajstić information content (AvgIpc) is 2.91. The molecular formula is C26H33N5O9. The van der Waals surface area contributed by atoms with Gasteiger partial charge in [-0.3, -0.25) is 24.0 Å². The molecule has 0 radical (unpaired) electrons. The normalized spacial score (nSPS) is 13.7. The molecule has 0 saturated carbocycles. The van der Waals surface area contributed by atoms with E-state index < -0.39 is 66.9 Å². The predicted molar refractivity (Wildman–Crippen MR) is 141 cm³/mol. The van der Waals surface area contributed by atoms with Gasteiger partial charge in [-0.1, -0.05) is 24.3 Å². The van der Waals surface area contributed by atoms with E-state index in [2.05, 4.69) is 21.3 Å². The third-order valence-corrected chi connectivity index (χ3v) is 5.70. The zero-order valence-electron chi connectivity index (χ0n) is 21.7. The molecule has 0 spiro atoms. The number of carboxylic acids is 1. The van der Waals surface area contributed by atoms with Gasteiger partial charge in [-0.2, -0.15) is 0 Å². The molecule has 0 unspecified atom stereocenters. The molecule has 0 saturated heterocycles. The van der Waals surface area contributed by atoms with Gasteiger partial charge in [0.2, 0.25) is 23.6 Å². The van der Waals surface area contributed by atoms with Gasteiger partial charge in [0.05, 0.1) is 12.6 Å². The van der Waals surface area contributed by atoms with Crippen molar-refractivity contribution in [2.45, 2.75) is 44.0 Å². The predicted octanol–water partition coefficient (Wildman–Crippen LogP) is -2.12. The molecule has 2 rings (SSSR count). The van der Waals surface area contributed by atoms with Crippen LogP contribution in [0.25, 0.3) is 0 Å². The maximum atomic E-state index is 12.9. The molecule has 216 valence electrons. The number of carboxylic acid groups (broad SMARTS) is 1. The quantitative estimate of drug-likeness (QED) is 0.122. The number of carbonyl (C=O) groups excluding carboxylic acids is 4. The maximum Gasteiger partial charge on any atom is 0.322 e. The number of phenolic OH excluding ortho intramolecular Hbond substituents is 2. The van der Waals surface area contributed by atoms with Gasteiger partial charge in [0.25, 0.3) is 0 Å². The Bertz CT molecular complexity index is 1190. The van der Waals surface area contributed by atoms with E-state index in [1.54, 1.807) is 0 Å². The molecule has 0 heterocycles. The van der Waals surface area contributed by atoms with Gasteiger partial charge in [0.15, 0.2) is 0 Å². The largest absolute Gasteiger partial charge is 0.508 e. The van der Waals surface area contributed by atoms with E-state index in [0.29, 0.717) is 11.1 Å². The van der Waals surface area contributed by atoms with E-state index in [-0.39, 0.29) is 24.3 Å². The third-order valence-electron chi connectivity index (χ3n) is 5.70. The van der Waals surface area contributed by atoms with Gasteiger partial charge in [0, 0.05) is 12.8 Å². The number of aliphatic carboxylic acids is 1. The van der Waals surface area contributed by atoms with Crippen LogP contribution in [0.3, 0.4) is 0 Å². The number of nitrogens with one attached hydrogen (secondary N) is 4. The van der Waals surface area contributed by atoms with Crippen LogP contribution in [-0.4, -0.2) is 87.3 Å². The Morgan fingerprint density at radius 1 is 0.725 bits per heavy atom. The van der Waals surface area contributed by atoms with E-state index >= 15 is 0 Å². The van der Waals surface area contributed by atoms with E-state index in [1.165, 1.54) is 55.5 Å². The SMILES string of the molecule is C[C@@H](O)[C@H](N)C(=O)N[C@@H](Cc1ccc(O)cc1)C(=O)NCC(=O)N[C@@H](Cc1ccc(O)cc1)C(=O)NCC(=O)O. The van der Waals surface area contributed by atoms with Crippen LogP contribution < -0.4 is 27.0 Å². The van der Waals surface area contributed by atoms with Crippen LogP contribution in [-0.2, 0) is 36.8 Å². The van der Waals surface area contributed by atoms with Crippen LogP contribution in [0.15, 0.2) is 48.5 Å². The first-order valence-corrected chi connectivity index (χ1v) is 12.2. The summed E-state index contributed by atoms with van der Waals surface area (Å²) in [6, 6.07) is 7.94. The fraction of sp³-hybridized carbons (Fsp3) is 0.346. The highest BCUT2D eigenvalue weighted by atomic mass is 16.4. The molecule has 14 heteroatoms. The van der Waals surface area contributed by atoms with Crippen LogP contribution in [0.1, 0.15) is 18.1 Å². The topological polar surface area (TPSA) is 240 Å². The van der Waals surface area contributed by atoms with Crippen molar-refractivity contribution in [3.8, 4) is 11.5 Å². The highest BCUT2D eigenvalue weighted by Gasteiger charge is 2.27. The molecule has 0 bridgehead atoms. The van der Waals surface area contributed by atoms with Gasteiger partial charge in [-0.15, -0.1) is 0 Å². The molecule has 0 aromatic heterocycles. The summed E-state index contributed by atoms with van der Waals surface area (Å²) in [5.41, 5.74) is 6.79. The number of phenols is 2. The second-order valence-corrected chi connectivity index (χ2v) is 9.02. The Morgan fingerprint density at radius 3 is 1.57 bits per heavy atom. The van der Waals surface area contributed by atoms with Crippen molar-refractivity contribution < 1.29 is 44.4 Å². The van der Waals surface area contributed by atoms with Crippen molar-refractivity contribution in [2.75, 3.05) is 13.1 Å². The number of benzene rings is 2. The fourth-order valence-electron chi connectivity index (χ4n) is 3.46. The molecule has 4 amide bonds. The lowest BCUT2D eigenvalue weighted by Crippen LogP contribution is -2.56. The Balaban J connectivity index is 2.09. The first-order chi connectivity index (χ1) is 18.8. The monoisotopic (exact) mass is 559 g/mol. The zero-order chi connectivity index (χ0) is 29.8. The highest BCUT2D eigenvalue weighted by Crippen LogP contribution is 2.13. The first-order valence-electron chi connectivity index (χ1n) is 12.2. The number of carbonyl (C=O) groups is 5. The highest BCUT2D eigenvalue weighted by molar-refractivity contribution is 5.94. The molecule has 0 fully saturated rings. The standard InChI is InChI=1S/C26H33N5O9/c1-14(32)23(27)26(40)31-20(11-16-4-8-18(34)9-5-16)25(39)28-12-21(35)30-19(24(38)29-13-22(36)37)10-15-2-6-17(33)7-3-15/h2-9,14,19-20,23,32-34H,10-13,27H2,1H3,(H,28,39)(H,29,38)(H,30,35)(H,31,40)(H,36,37)/t14-,19+,20+,23+/m1/s1. The molecule has 2 aromatic rings. The molecular weight excluding hydrogens is 526 g/mol. The van der Waals surface area contributed by atoms with E-state index in [0.717, 1.165) is 0 Å². The molecule has 14 nitrogen and oxygen atoms in total. The lowest BCUT2D eigenvalue weighted by atomic mass is 10.0. The van der Waals surface area contributed by atoms with Gasteiger partial charge >= 0.3 is 5.97 Å². The van der Waals surface area contributed by atoms with Crippen LogP contribution in [0.4, 0.5) is 0 Å². The summed E-state index contributed by atoms with van der Waals surface area (Å²) in [4.78, 5) is 61.4. The number of rotatable bonds is 14. The van der Waals surface area contributed by atoms with Crippen LogP contribution in [0.2, 0.25) is 0 Å². The molecule has 0 aliphatic rings. The number of aliphatic hydroxyl groups is 1. The molecule has 40 heavy (non-hydrogen) atoms. The Morgan fingerprint density at radius 2 is 1.15 bits per heavy atom. The number of amides is 4. The zero-order valence-corrected chi connectivity index (χ0v) is 21.7. The smallest absolute Gasteiger partial charge is 0.322 e. The lowest BCUT2D eigenvalue weighted by molar-refractivity contribution is -0.138. The summed E-state index contributed by atoms with van der Waals surface area (Å²) >= 11 is 0. The number of aromatic hydroxyl groups is 2. The number of hydrogen-bond donors (Lipinski definition) is 9. The van der Waals surface area contributed by atoms with Crippen molar-refractivity contribution in [2.24, 2.45) is 5.73 Å². The number of aliphatic hydroxyl groups excluding tert-OH is 1. The summed E-state index contributed by atoms with van der Waals surface area (Å²) in [5, 5.41) is 46.9. The summed E-state index contributed by atoms with van der Waals surface area (Å²) in [5.74, 6) is -4.42. The van der Waals surface area contributed by atoms with Gasteiger partial charge in [-0.05, 0) is 42.3 Å². The van der Waals surface area contributed by atoms with Crippen molar-refractivity contribution in [1.29, 1.82) is 0 Å². The van der Waals surface area contributed by atoms with E-state index in [9.17, 15) is 39.3 Å². The minimum atomic E-state index is -1.32.